The smallest absolute Gasteiger partial charge is 0.252 e. The molecule has 0 aromatic heterocycles. The van der Waals surface area contributed by atoms with Gasteiger partial charge in [0.1, 0.15) is 0 Å². The van der Waals surface area contributed by atoms with E-state index >= 15 is 0 Å². The number of hydrogen-bond donors (Lipinski definition) is 1. The quantitative estimate of drug-likeness (QED) is 0.669. The van der Waals surface area contributed by atoms with Crippen LogP contribution in [0, 0.1) is 0 Å². The summed E-state index contributed by atoms with van der Waals surface area (Å²) in [5.41, 5.74) is 0.539. The average molecular weight is 311 g/mol. The molecule has 5 heteroatoms. The van der Waals surface area contributed by atoms with Crippen LogP contribution >= 0.6 is 39.1 Å². The van der Waals surface area contributed by atoms with E-state index in [1.807, 2.05) is 0 Å². The fraction of sp³-hybridized carbons (Fsp3) is 0.300. The summed E-state index contributed by atoms with van der Waals surface area (Å²) in [7, 11) is 0. The lowest BCUT2D eigenvalue weighted by atomic mass is 10.2. The third kappa shape index (κ3) is 4.01. The van der Waals surface area contributed by atoms with Gasteiger partial charge in [-0.2, -0.15) is 0 Å². The normalized spacial score (nSPS) is 10.1. The second-order valence-corrected chi connectivity index (χ2v) is 4.59. The van der Waals surface area contributed by atoms with Crippen LogP contribution in [0.15, 0.2) is 22.7 Å². The van der Waals surface area contributed by atoms with Gasteiger partial charge in [-0.05, 0) is 40.5 Å². The van der Waals surface area contributed by atoms with Crippen LogP contribution in [-0.4, -0.2) is 18.3 Å². The molecule has 0 aliphatic heterocycles. The number of rotatable bonds is 4. The Morgan fingerprint density at radius 1 is 1.47 bits per heavy atom. The SMILES string of the molecule is O=C(NCCCCl)c1cc(Cl)ccc1Br. The molecule has 0 radical (unpaired) electrons. The molecule has 1 N–H and O–H groups in total. The monoisotopic (exact) mass is 309 g/mol. The number of carbonyl (C=O) groups is 1. The summed E-state index contributed by atoms with van der Waals surface area (Å²) in [6.45, 7) is 0.571. The van der Waals surface area contributed by atoms with Crippen molar-refractivity contribution in [3.05, 3.63) is 33.3 Å². The van der Waals surface area contributed by atoms with Crippen molar-refractivity contribution in [2.24, 2.45) is 0 Å². The van der Waals surface area contributed by atoms with E-state index < -0.39 is 0 Å². The lowest BCUT2D eigenvalue weighted by molar-refractivity contribution is 0.0953. The molecule has 82 valence electrons. The van der Waals surface area contributed by atoms with Gasteiger partial charge in [0, 0.05) is 21.9 Å². The summed E-state index contributed by atoms with van der Waals surface area (Å²) in [6.07, 6.45) is 0.755. The predicted molar refractivity (Wildman–Crippen MR) is 66.8 cm³/mol. The highest BCUT2D eigenvalue weighted by atomic mass is 79.9. The second kappa shape index (κ2) is 6.36. The van der Waals surface area contributed by atoms with Crippen molar-refractivity contribution in [1.29, 1.82) is 0 Å². The fourth-order valence-electron chi connectivity index (χ4n) is 1.04. The van der Waals surface area contributed by atoms with Crippen molar-refractivity contribution in [2.45, 2.75) is 6.42 Å². The molecule has 2 nitrogen and oxygen atoms in total. The number of nitrogens with one attached hydrogen (secondary N) is 1. The van der Waals surface area contributed by atoms with E-state index in [2.05, 4.69) is 21.2 Å². The number of amides is 1. The highest BCUT2D eigenvalue weighted by Gasteiger charge is 2.09. The Labute approximate surface area is 107 Å². The lowest BCUT2D eigenvalue weighted by Gasteiger charge is -2.06. The molecule has 0 bridgehead atoms. The first-order valence-electron chi connectivity index (χ1n) is 4.44. The Balaban J connectivity index is 2.68. The minimum absolute atomic E-state index is 0.144. The molecule has 0 aliphatic rings. The zero-order valence-electron chi connectivity index (χ0n) is 7.90. The van der Waals surface area contributed by atoms with Gasteiger partial charge < -0.3 is 5.32 Å². The molecule has 0 heterocycles. The first-order valence-corrected chi connectivity index (χ1v) is 6.15. The van der Waals surface area contributed by atoms with Crippen LogP contribution in [0.5, 0.6) is 0 Å². The van der Waals surface area contributed by atoms with Gasteiger partial charge in [-0.3, -0.25) is 4.79 Å². The highest BCUT2D eigenvalue weighted by Crippen LogP contribution is 2.20. The van der Waals surface area contributed by atoms with E-state index in [0.717, 1.165) is 10.9 Å². The minimum atomic E-state index is -0.144. The molecule has 0 saturated carbocycles. The zero-order chi connectivity index (χ0) is 11.3. The fourth-order valence-corrected chi connectivity index (χ4v) is 1.77. The molecule has 1 rings (SSSR count). The summed E-state index contributed by atoms with van der Waals surface area (Å²) in [5.74, 6) is 0.395. The maximum Gasteiger partial charge on any atom is 0.252 e. The van der Waals surface area contributed by atoms with Crippen LogP contribution < -0.4 is 5.32 Å². The lowest BCUT2D eigenvalue weighted by Crippen LogP contribution is -2.25. The maximum atomic E-state index is 11.6. The van der Waals surface area contributed by atoms with Crippen molar-refractivity contribution in [1.82, 2.24) is 5.32 Å². The average Bonchev–Trinajstić information content (AvgIpc) is 2.22. The van der Waals surface area contributed by atoms with Gasteiger partial charge in [-0.15, -0.1) is 11.6 Å². The number of hydrogen-bond acceptors (Lipinski definition) is 1. The van der Waals surface area contributed by atoms with Crippen molar-refractivity contribution in [3.8, 4) is 0 Å². The molecule has 1 aromatic carbocycles. The van der Waals surface area contributed by atoms with Gasteiger partial charge in [0.2, 0.25) is 0 Å². The summed E-state index contributed by atoms with van der Waals surface area (Å²) in [4.78, 5) is 11.6. The standard InChI is InChI=1S/C10H10BrCl2NO/c11-9-3-2-7(13)6-8(9)10(15)14-5-1-4-12/h2-3,6H,1,4-5H2,(H,14,15). The van der Waals surface area contributed by atoms with Gasteiger partial charge in [0.15, 0.2) is 0 Å². The van der Waals surface area contributed by atoms with Gasteiger partial charge in [0.05, 0.1) is 5.56 Å². The molecule has 0 atom stereocenters. The third-order valence-corrected chi connectivity index (χ3v) is 2.96. The Morgan fingerprint density at radius 2 is 2.20 bits per heavy atom. The molecular formula is C10H10BrCl2NO. The maximum absolute atomic E-state index is 11.6. The van der Waals surface area contributed by atoms with Crippen LogP contribution in [0.25, 0.3) is 0 Å². The summed E-state index contributed by atoms with van der Waals surface area (Å²) < 4.78 is 0.732. The van der Waals surface area contributed by atoms with Crippen LogP contribution in [0.3, 0.4) is 0 Å². The predicted octanol–water partition coefficient (Wildman–Crippen LogP) is 3.46. The first kappa shape index (κ1) is 12.8. The molecule has 0 fully saturated rings. The van der Waals surface area contributed by atoms with Gasteiger partial charge in [-0.25, -0.2) is 0 Å². The van der Waals surface area contributed by atoms with Gasteiger partial charge >= 0.3 is 0 Å². The van der Waals surface area contributed by atoms with E-state index in [1.165, 1.54) is 0 Å². The summed E-state index contributed by atoms with van der Waals surface area (Å²) in [6, 6.07) is 5.10. The number of carbonyl (C=O) groups excluding carboxylic acids is 1. The number of benzene rings is 1. The topological polar surface area (TPSA) is 29.1 Å². The van der Waals surface area contributed by atoms with E-state index in [0.29, 0.717) is 23.0 Å². The third-order valence-electron chi connectivity index (χ3n) is 1.77. The highest BCUT2D eigenvalue weighted by molar-refractivity contribution is 9.10. The van der Waals surface area contributed by atoms with E-state index in [9.17, 15) is 4.79 Å². The van der Waals surface area contributed by atoms with Crippen molar-refractivity contribution >= 4 is 45.0 Å². The van der Waals surface area contributed by atoms with Gasteiger partial charge in [-0.1, -0.05) is 11.6 Å². The van der Waals surface area contributed by atoms with Gasteiger partial charge in [0.25, 0.3) is 5.91 Å². The summed E-state index contributed by atoms with van der Waals surface area (Å²) >= 11 is 14.6. The molecular weight excluding hydrogens is 301 g/mol. The molecule has 15 heavy (non-hydrogen) atoms. The van der Waals surface area contributed by atoms with Crippen molar-refractivity contribution in [3.63, 3.8) is 0 Å². The zero-order valence-corrected chi connectivity index (χ0v) is 11.0. The first-order chi connectivity index (χ1) is 7.15. The Bertz CT molecular complexity index is 357. The van der Waals surface area contributed by atoms with Crippen LogP contribution in [0.4, 0.5) is 0 Å². The van der Waals surface area contributed by atoms with E-state index in [1.54, 1.807) is 18.2 Å². The Morgan fingerprint density at radius 3 is 2.87 bits per heavy atom. The molecule has 0 aliphatic carbocycles. The minimum Gasteiger partial charge on any atom is -0.352 e. The second-order valence-electron chi connectivity index (χ2n) is 2.92. The molecule has 1 amide bonds. The number of halogens is 3. The van der Waals surface area contributed by atoms with E-state index in [4.69, 9.17) is 23.2 Å². The molecule has 0 saturated heterocycles. The molecule has 1 aromatic rings. The van der Waals surface area contributed by atoms with Crippen LogP contribution in [0.2, 0.25) is 5.02 Å². The summed E-state index contributed by atoms with van der Waals surface area (Å²) in [5, 5.41) is 3.30. The van der Waals surface area contributed by atoms with Crippen LogP contribution in [0.1, 0.15) is 16.8 Å². The number of alkyl halides is 1. The van der Waals surface area contributed by atoms with Crippen molar-refractivity contribution in [2.75, 3.05) is 12.4 Å². The Hall–Kier alpha value is -0.250. The van der Waals surface area contributed by atoms with Crippen molar-refractivity contribution < 1.29 is 4.79 Å². The Kier molecular flexibility index (Phi) is 5.43. The van der Waals surface area contributed by atoms with Crippen LogP contribution in [-0.2, 0) is 0 Å². The molecule has 0 spiro atoms. The largest absolute Gasteiger partial charge is 0.352 e. The molecule has 0 unspecified atom stereocenters. The van der Waals surface area contributed by atoms with E-state index in [-0.39, 0.29) is 5.91 Å².